The molecule has 0 fully saturated rings. The number of carbonyl (C=O) groups excluding carboxylic acids is 1. The molecule has 0 aliphatic carbocycles. The van der Waals surface area contributed by atoms with Crippen LogP contribution < -0.4 is 4.72 Å². The number of hydrogen-bond donors (Lipinski definition) is 1. The van der Waals surface area contributed by atoms with Gasteiger partial charge in [-0.1, -0.05) is 0 Å². The summed E-state index contributed by atoms with van der Waals surface area (Å²) in [5, 5.41) is 0. The summed E-state index contributed by atoms with van der Waals surface area (Å²) in [6.07, 6.45) is -4.89. The number of halogens is 3. The summed E-state index contributed by atoms with van der Waals surface area (Å²) in [5.41, 5.74) is -2.39. The van der Waals surface area contributed by atoms with Gasteiger partial charge in [0.25, 0.3) is 15.9 Å². The molecule has 1 aromatic carbocycles. The van der Waals surface area contributed by atoms with Crippen LogP contribution in [-0.2, 0) is 25.7 Å². The van der Waals surface area contributed by atoms with Crippen molar-refractivity contribution in [3.05, 3.63) is 29.8 Å². The highest BCUT2D eigenvalue weighted by Crippen LogP contribution is 2.29. The lowest BCUT2D eigenvalue weighted by molar-refractivity contribution is -0.145. The van der Waals surface area contributed by atoms with Gasteiger partial charge >= 0.3 is 6.18 Å². The van der Waals surface area contributed by atoms with Crippen molar-refractivity contribution in [3.63, 3.8) is 0 Å². The molecule has 0 bridgehead atoms. The molecule has 1 amide bonds. The van der Waals surface area contributed by atoms with Crippen LogP contribution >= 0.6 is 0 Å². The average Bonchev–Trinajstić information content (AvgIpc) is 2.35. The zero-order valence-electron chi connectivity index (χ0n) is 13.1. The summed E-state index contributed by atoms with van der Waals surface area (Å²) in [6.45, 7) is 6.15. The van der Waals surface area contributed by atoms with Gasteiger partial charge in [-0.15, -0.1) is 0 Å². The van der Waals surface area contributed by atoms with Gasteiger partial charge in [0.15, 0.2) is 0 Å². The Labute approximate surface area is 132 Å². The standard InChI is InChI=1S/C14H18F3NO4S/c1-9(2)22-13(3,4)12(19)18-23(20,21)11-7-5-10(6-8-11)14(15,16)17/h5-9H,1-4H3,(H,18,19). The summed E-state index contributed by atoms with van der Waals surface area (Å²) >= 11 is 0. The largest absolute Gasteiger partial charge is 0.416 e. The third-order valence-electron chi connectivity index (χ3n) is 2.80. The zero-order chi connectivity index (χ0) is 18.1. The second-order valence-electron chi connectivity index (χ2n) is 5.63. The second-order valence-corrected chi connectivity index (χ2v) is 7.32. The second kappa shape index (κ2) is 6.48. The van der Waals surface area contributed by atoms with Crippen molar-refractivity contribution >= 4 is 15.9 Å². The monoisotopic (exact) mass is 353 g/mol. The molecule has 1 rings (SSSR count). The van der Waals surface area contributed by atoms with E-state index in [0.717, 1.165) is 12.1 Å². The minimum Gasteiger partial charge on any atom is -0.363 e. The molecule has 5 nitrogen and oxygen atoms in total. The lowest BCUT2D eigenvalue weighted by Gasteiger charge is -2.26. The van der Waals surface area contributed by atoms with E-state index in [2.05, 4.69) is 0 Å². The first-order valence-electron chi connectivity index (χ1n) is 6.68. The molecule has 0 radical (unpaired) electrons. The van der Waals surface area contributed by atoms with Crippen LogP contribution in [0.15, 0.2) is 29.2 Å². The molecule has 1 aromatic rings. The summed E-state index contributed by atoms with van der Waals surface area (Å²) in [5.74, 6) is -0.911. The fourth-order valence-electron chi connectivity index (χ4n) is 1.77. The highest BCUT2D eigenvalue weighted by Gasteiger charge is 2.34. The molecule has 0 saturated heterocycles. The number of rotatable bonds is 5. The lowest BCUT2D eigenvalue weighted by Crippen LogP contribution is -2.47. The van der Waals surface area contributed by atoms with Gasteiger partial charge < -0.3 is 4.74 Å². The lowest BCUT2D eigenvalue weighted by atomic mass is 10.1. The highest BCUT2D eigenvalue weighted by molar-refractivity contribution is 7.90. The van der Waals surface area contributed by atoms with E-state index < -0.39 is 38.2 Å². The number of ether oxygens (including phenoxy) is 1. The number of hydrogen-bond acceptors (Lipinski definition) is 4. The van der Waals surface area contributed by atoms with Crippen LogP contribution in [0.25, 0.3) is 0 Å². The molecule has 0 atom stereocenters. The Morgan fingerprint density at radius 2 is 1.61 bits per heavy atom. The van der Waals surface area contributed by atoms with Crippen LogP contribution in [0, 0.1) is 0 Å². The molecule has 0 aromatic heterocycles. The minimum atomic E-state index is -4.57. The molecule has 0 aliphatic rings. The van der Waals surface area contributed by atoms with E-state index in [1.807, 2.05) is 0 Å². The first-order valence-corrected chi connectivity index (χ1v) is 8.16. The van der Waals surface area contributed by atoms with Crippen molar-refractivity contribution in [2.75, 3.05) is 0 Å². The van der Waals surface area contributed by atoms with E-state index in [-0.39, 0.29) is 6.10 Å². The Morgan fingerprint density at radius 3 is 2.00 bits per heavy atom. The molecule has 0 saturated carbocycles. The van der Waals surface area contributed by atoms with Crippen molar-refractivity contribution in [2.45, 2.75) is 50.5 Å². The van der Waals surface area contributed by atoms with Gasteiger partial charge in [0.1, 0.15) is 5.60 Å². The molecule has 130 valence electrons. The van der Waals surface area contributed by atoms with E-state index in [0.29, 0.717) is 12.1 Å². The maximum atomic E-state index is 12.5. The molecular weight excluding hydrogens is 335 g/mol. The highest BCUT2D eigenvalue weighted by atomic mass is 32.2. The van der Waals surface area contributed by atoms with Gasteiger partial charge in [0, 0.05) is 0 Å². The molecule has 9 heteroatoms. The summed E-state index contributed by atoms with van der Waals surface area (Å²) in [6, 6.07) is 2.84. The van der Waals surface area contributed by atoms with E-state index in [9.17, 15) is 26.4 Å². The van der Waals surface area contributed by atoms with Crippen molar-refractivity contribution in [3.8, 4) is 0 Å². The van der Waals surface area contributed by atoms with Gasteiger partial charge in [-0.25, -0.2) is 13.1 Å². The van der Waals surface area contributed by atoms with Gasteiger partial charge in [-0.05, 0) is 52.0 Å². The Hall–Kier alpha value is -1.61. The van der Waals surface area contributed by atoms with E-state index in [1.54, 1.807) is 18.6 Å². The predicted molar refractivity (Wildman–Crippen MR) is 77.1 cm³/mol. The number of benzene rings is 1. The summed E-state index contributed by atoms with van der Waals surface area (Å²) in [4.78, 5) is 11.6. The molecule has 23 heavy (non-hydrogen) atoms. The Kier molecular flexibility index (Phi) is 5.48. The van der Waals surface area contributed by atoms with Gasteiger partial charge in [-0.3, -0.25) is 4.79 Å². The number of amides is 1. The van der Waals surface area contributed by atoms with Crippen molar-refractivity contribution in [2.24, 2.45) is 0 Å². The van der Waals surface area contributed by atoms with Gasteiger partial charge in [-0.2, -0.15) is 13.2 Å². The number of carbonyl (C=O) groups is 1. The van der Waals surface area contributed by atoms with Crippen molar-refractivity contribution in [1.82, 2.24) is 4.72 Å². The molecule has 0 aliphatic heterocycles. The van der Waals surface area contributed by atoms with Crippen LogP contribution in [0.1, 0.15) is 33.3 Å². The Bertz CT molecular complexity index is 664. The topological polar surface area (TPSA) is 72.5 Å². The zero-order valence-corrected chi connectivity index (χ0v) is 13.9. The molecule has 0 unspecified atom stereocenters. The normalized spacial score (nSPS) is 13.2. The summed E-state index contributed by atoms with van der Waals surface area (Å²) in [7, 11) is -4.29. The fourth-order valence-corrected chi connectivity index (χ4v) is 2.87. The first kappa shape index (κ1) is 19.4. The van der Waals surface area contributed by atoms with Crippen LogP contribution in [0.5, 0.6) is 0 Å². The molecular formula is C14H18F3NO4S. The third kappa shape index (κ3) is 5.21. The number of sulfonamides is 1. The van der Waals surface area contributed by atoms with Crippen LogP contribution in [-0.4, -0.2) is 26.0 Å². The van der Waals surface area contributed by atoms with E-state index >= 15 is 0 Å². The van der Waals surface area contributed by atoms with Gasteiger partial charge in [0.2, 0.25) is 0 Å². The van der Waals surface area contributed by atoms with E-state index in [4.69, 9.17) is 4.74 Å². The maximum Gasteiger partial charge on any atom is 0.416 e. The number of nitrogens with one attached hydrogen (secondary N) is 1. The van der Waals surface area contributed by atoms with Gasteiger partial charge in [0.05, 0.1) is 16.6 Å². The van der Waals surface area contributed by atoms with Crippen molar-refractivity contribution < 1.29 is 31.1 Å². The molecule has 0 spiro atoms. The number of alkyl halides is 3. The maximum absolute atomic E-state index is 12.5. The third-order valence-corrected chi connectivity index (χ3v) is 4.14. The Morgan fingerprint density at radius 1 is 1.13 bits per heavy atom. The average molecular weight is 353 g/mol. The van der Waals surface area contributed by atoms with Crippen LogP contribution in [0.3, 0.4) is 0 Å². The van der Waals surface area contributed by atoms with Crippen molar-refractivity contribution in [1.29, 1.82) is 0 Å². The fraction of sp³-hybridized carbons (Fsp3) is 0.500. The van der Waals surface area contributed by atoms with Crippen LogP contribution in [0.2, 0.25) is 0 Å². The minimum absolute atomic E-state index is 0.315. The molecule has 1 N–H and O–H groups in total. The van der Waals surface area contributed by atoms with E-state index in [1.165, 1.54) is 13.8 Å². The molecule has 0 heterocycles. The Balaban J connectivity index is 2.98. The smallest absolute Gasteiger partial charge is 0.363 e. The quantitative estimate of drug-likeness (QED) is 0.883. The SMILES string of the molecule is CC(C)OC(C)(C)C(=O)NS(=O)(=O)c1ccc(C(F)(F)F)cc1. The first-order chi connectivity index (χ1) is 10.3. The predicted octanol–water partition coefficient (Wildman–Crippen LogP) is 2.71. The van der Waals surface area contributed by atoms with Crippen LogP contribution in [0.4, 0.5) is 13.2 Å². The summed E-state index contributed by atoms with van der Waals surface area (Å²) < 4.78 is 68.7.